The SMILES string of the molecule is CCOc1cc(/C=N/n2cnnc2SCc2ccc(Cl)cc2)cc(Br)c1O. The Morgan fingerprint density at radius 1 is 1.33 bits per heavy atom. The zero-order valence-electron chi connectivity index (χ0n) is 14.3. The molecule has 0 fully saturated rings. The van der Waals surface area contributed by atoms with Gasteiger partial charge in [-0.15, -0.1) is 10.2 Å². The number of nitrogens with zero attached hydrogens (tertiary/aromatic N) is 4. The van der Waals surface area contributed by atoms with Gasteiger partial charge in [-0.05, 0) is 58.2 Å². The molecule has 0 aliphatic heterocycles. The molecule has 0 unspecified atom stereocenters. The number of benzene rings is 2. The van der Waals surface area contributed by atoms with Gasteiger partial charge in [-0.1, -0.05) is 35.5 Å². The van der Waals surface area contributed by atoms with E-state index in [0.29, 0.717) is 27.0 Å². The van der Waals surface area contributed by atoms with Crippen LogP contribution in [0.15, 0.2) is 57.5 Å². The smallest absolute Gasteiger partial charge is 0.212 e. The number of hydrogen-bond donors (Lipinski definition) is 1. The lowest BCUT2D eigenvalue weighted by Crippen LogP contribution is -1.96. The molecule has 0 saturated heterocycles. The van der Waals surface area contributed by atoms with Crippen molar-refractivity contribution in [1.82, 2.24) is 14.9 Å². The van der Waals surface area contributed by atoms with E-state index in [4.69, 9.17) is 16.3 Å². The molecule has 0 saturated carbocycles. The van der Waals surface area contributed by atoms with Crippen molar-refractivity contribution in [3.8, 4) is 11.5 Å². The van der Waals surface area contributed by atoms with Crippen molar-refractivity contribution >= 4 is 45.5 Å². The number of halogens is 2. The first-order chi connectivity index (χ1) is 13.1. The molecule has 3 aromatic rings. The summed E-state index contributed by atoms with van der Waals surface area (Å²) in [4.78, 5) is 0. The third-order valence-corrected chi connectivity index (χ3v) is 5.32. The number of aromatic nitrogens is 3. The van der Waals surface area contributed by atoms with E-state index in [1.807, 2.05) is 31.2 Å². The number of ether oxygens (including phenoxy) is 1. The topological polar surface area (TPSA) is 72.5 Å². The van der Waals surface area contributed by atoms with E-state index in [-0.39, 0.29) is 5.75 Å². The Morgan fingerprint density at radius 2 is 2.11 bits per heavy atom. The van der Waals surface area contributed by atoms with Crippen LogP contribution >= 0.6 is 39.3 Å². The molecule has 2 aromatic carbocycles. The predicted molar refractivity (Wildman–Crippen MR) is 111 cm³/mol. The van der Waals surface area contributed by atoms with Gasteiger partial charge < -0.3 is 9.84 Å². The van der Waals surface area contributed by atoms with Gasteiger partial charge in [-0.25, -0.2) is 0 Å². The minimum atomic E-state index is 0.0671. The summed E-state index contributed by atoms with van der Waals surface area (Å²) in [5, 5.41) is 23.8. The Kier molecular flexibility index (Phi) is 6.76. The molecule has 0 radical (unpaired) electrons. The third-order valence-electron chi connectivity index (χ3n) is 3.46. The summed E-state index contributed by atoms with van der Waals surface area (Å²) in [6.45, 7) is 2.31. The predicted octanol–water partition coefficient (Wildman–Crippen LogP) is 4.97. The summed E-state index contributed by atoms with van der Waals surface area (Å²) in [5.41, 5.74) is 1.90. The fourth-order valence-corrected chi connectivity index (χ4v) is 3.59. The average molecular weight is 468 g/mol. The van der Waals surface area contributed by atoms with Crippen LogP contribution < -0.4 is 4.74 Å². The lowest BCUT2D eigenvalue weighted by molar-refractivity contribution is 0.317. The van der Waals surface area contributed by atoms with E-state index in [1.165, 1.54) is 11.8 Å². The Balaban J connectivity index is 1.73. The van der Waals surface area contributed by atoms with Gasteiger partial charge in [0.2, 0.25) is 5.16 Å². The van der Waals surface area contributed by atoms with E-state index >= 15 is 0 Å². The molecule has 140 valence electrons. The summed E-state index contributed by atoms with van der Waals surface area (Å²) >= 11 is 10.7. The lowest BCUT2D eigenvalue weighted by Gasteiger charge is -2.08. The second kappa shape index (κ2) is 9.25. The monoisotopic (exact) mass is 466 g/mol. The Morgan fingerprint density at radius 3 is 2.85 bits per heavy atom. The van der Waals surface area contributed by atoms with Crippen LogP contribution in [0, 0.1) is 0 Å². The molecule has 1 N–H and O–H groups in total. The molecule has 0 aliphatic rings. The molecule has 6 nitrogen and oxygen atoms in total. The lowest BCUT2D eigenvalue weighted by atomic mass is 10.2. The summed E-state index contributed by atoms with van der Waals surface area (Å²) in [7, 11) is 0. The number of hydrogen-bond acceptors (Lipinski definition) is 6. The highest BCUT2D eigenvalue weighted by Gasteiger charge is 2.09. The molecule has 9 heteroatoms. The molecular formula is C18H16BrClN4O2S. The zero-order chi connectivity index (χ0) is 19.2. The summed E-state index contributed by atoms with van der Waals surface area (Å²) in [6, 6.07) is 11.1. The number of rotatable bonds is 7. The summed E-state index contributed by atoms with van der Waals surface area (Å²) in [5.74, 6) is 1.19. The fourth-order valence-electron chi connectivity index (χ4n) is 2.18. The van der Waals surface area contributed by atoms with Crippen LogP contribution in [0.25, 0.3) is 0 Å². The van der Waals surface area contributed by atoms with Crippen LogP contribution in [0.1, 0.15) is 18.1 Å². The molecule has 0 amide bonds. The first kappa shape index (κ1) is 19.7. The van der Waals surface area contributed by atoms with Crippen LogP contribution in [0.4, 0.5) is 0 Å². The van der Waals surface area contributed by atoms with Crippen molar-refractivity contribution in [2.24, 2.45) is 5.10 Å². The minimum absolute atomic E-state index is 0.0671. The van der Waals surface area contributed by atoms with E-state index in [0.717, 1.165) is 16.9 Å². The molecule has 0 bridgehead atoms. The van der Waals surface area contributed by atoms with Crippen molar-refractivity contribution < 1.29 is 9.84 Å². The van der Waals surface area contributed by atoms with Gasteiger partial charge in [0.25, 0.3) is 0 Å². The molecule has 3 rings (SSSR count). The molecule has 0 atom stereocenters. The van der Waals surface area contributed by atoms with E-state index in [2.05, 4.69) is 31.2 Å². The third kappa shape index (κ3) is 5.24. The molecule has 27 heavy (non-hydrogen) atoms. The average Bonchev–Trinajstić information content (AvgIpc) is 3.11. The largest absolute Gasteiger partial charge is 0.503 e. The van der Waals surface area contributed by atoms with Gasteiger partial charge >= 0.3 is 0 Å². The Hall–Kier alpha value is -2.03. The first-order valence-electron chi connectivity index (χ1n) is 8.03. The van der Waals surface area contributed by atoms with E-state index in [9.17, 15) is 5.11 Å². The minimum Gasteiger partial charge on any atom is -0.503 e. The molecular weight excluding hydrogens is 452 g/mol. The van der Waals surface area contributed by atoms with E-state index in [1.54, 1.807) is 29.4 Å². The van der Waals surface area contributed by atoms with Crippen molar-refractivity contribution in [2.75, 3.05) is 6.61 Å². The maximum Gasteiger partial charge on any atom is 0.212 e. The number of phenols is 1. The first-order valence-corrected chi connectivity index (χ1v) is 10.2. The van der Waals surface area contributed by atoms with Crippen molar-refractivity contribution in [3.05, 3.63) is 63.3 Å². The van der Waals surface area contributed by atoms with Crippen molar-refractivity contribution in [1.29, 1.82) is 0 Å². The summed E-state index contributed by atoms with van der Waals surface area (Å²) in [6.07, 6.45) is 3.20. The van der Waals surface area contributed by atoms with Gasteiger partial charge in [-0.2, -0.15) is 9.78 Å². The highest BCUT2D eigenvalue weighted by molar-refractivity contribution is 9.10. The molecule has 0 spiro atoms. The maximum absolute atomic E-state index is 9.99. The zero-order valence-corrected chi connectivity index (χ0v) is 17.5. The normalized spacial score (nSPS) is 11.2. The van der Waals surface area contributed by atoms with Crippen LogP contribution in [-0.2, 0) is 5.75 Å². The second-order valence-corrected chi connectivity index (χ2v) is 7.63. The van der Waals surface area contributed by atoms with Crippen molar-refractivity contribution in [2.45, 2.75) is 17.8 Å². The van der Waals surface area contributed by atoms with Gasteiger partial charge in [0.15, 0.2) is 11.5 Å². The molecule has 0 aliphatic carbocycles. The summed E-state index contributed by atoms with van der Waals surface area (Å²) < 4.78 is 7.57. The number of thioether (sulfide) groups is 1. The van der Waals surface area contributed by atoms with Crippen LogP contribution in [0.5, 0.6) is 11.5 Å². The van der Waals surface area contributed by atoms with Crippen LogP contribution in [0.3, 0.4) is 0 Å². The van der Waals surface area contributed by atoms with E-state index < -0.39 is 0 Å². The number of aromatic hydroxyl groups is 1. The second-order valence-electron chi connectivity index (χ2n) is 5.40. The maximum atomic E-state index is 9.99. The van der Waals surface area contributed by atoms with Crippen molar-refractivity contribution in [3.63, 3.8) is 0 Å². The van der Waals surface area contributed by atoms with Crippen LogP contribution in [0.2, 0.25) is 5.02 Å². The molecule has 1 aromatic heterocycles. The van der Waals surface area contributed by atoms with Gasteiger partial charge in [-0.3, -0.25) is 0 Å². The Bertz CT molecular complexity index is 947. The quantitative estimate of drug-likeness (QED) is 0.392. The van der Waals surface area contributed by atoms with Gasteiger partial charge in [0, 0.05) is 10.8 Å². The standard InChI is InChI=1S/C18H16BrClN4O2S/c1-2-26-16-8-13(7-15(19)17(16)25)9-22-24-11-21-23-18(24)27-10-12-3-5-14(20)6-4-12/h3-9,11,25H,2,10H2,1H3/b22-9+. The highest BCUT2D eigenvalue weighted by atomic mass is 79.9. The number of phenolic OH excluding ortho intramolecular Hbond substituents is 1. The van der Waals surface area contributed by atoms with Gasteiger partial charge in [0.1, 0.15) is 6.33 Å². The van der Waals surface area contributed by atoms with Gasteiger partial charge in [0.05, 0.1) is 17.3 Å². The molecule has 1 heterocycles. The fraction of sp³-hybridized carbons (Fsp3) is 0.167. The Labute approximate surface area is 174 Å². The highest BCUT2D eigenvalue weighted by Crippen LogP contribution is 2.35. The van der Waals surface area contributed by atoms with Crippen LogP contribution in [-0.4, -0.2) is 32.8 Å².